The zero-order valence-corrected chi connectivity index (χ0v) is 14.3. The van der Waals surface area contributed by atoms with Gasteiger partial charge in [-0.3, -0.25) is 4.79 Å². The molecule has 4 nitrogen and oxygen atoms in total. The second kappa shape index (κ2) is 7.34. The van der Waals surface area contributed by atoms with Gasteiger partial charge in [-0.05, 0) is 49.2 Å². The minimum Gasteiger partial charge on any atom is -0.350 e. The molecule has 3 rings (SSSR count). The third kappa shape index (κ3) is 3.78. The molecule has 1 fully saturated rings. The summed E-state index contributed by atoms with van der Waals surface area (Å²) in [6, 6.07) is 15.8. The molecular weight excluding hydrogens is 322 g/mol. The molecule has 1 aliphatic rings. The summed E-state index contributed by atoms with van der Waals surface area (Å²) in [5.41, 5.74) is 8.50. The molecule has 0 aliphatic carbocycles. The van der Waals surface area contributed by atoms with E-state index in [1.165, 1.54) is 0 Å². The maximum Gasteiger partial charge on any atom is 0.240 e. The lowest BCUT2D eigenvalue weighted by molar-refractivity contribution is -0.127. The molecule has 0 saturated carbocycles. The summed E-state index contributed by atoms with van der Waals surface area (Å²) < 4.78 is 0. The second-order valence-electron chi connectivity index (χ2n) is 6.27. The van der Waals surface area contributed by atoms with Crippen molar-refractivity contribution in [2.24, 2.45) is 5.73 Å². The summed E-state index contributed by atoms with van der Waals surface area (Å²) in [5.74, 6) is -0.0831. The van der Waals surface area contributed by atoms with Gasteiger partial charge in [0.05, 0.1) is 5.54 Å². The smallest absolute Gasteiger partial charge is 0.240 e. The Hall–Kier alpha value is -1.88. The lowest BCUT2D eigenvalue weighted by Crippen LogP contribution is -2.58. The van der Waals surface area contributed by atoms with Gasteiger partial charge in [0.2, 0.25) is 5.91 Å². The monoisotopic (exact) mass is 343 g/mol. The Morgan fingerprint density at radius 1 is 1.17 bits per heavy atom. The van der Waals surface area contributed by atoms with Gasteiger partial charge in [0.25, 0.3) is 0 Å². The lowest BCUT2D eigenvalue weighted by Gasteiger charge is -2.32. The highest BCUT2D eigenvalue weighted by Gasteiger charge is 2.34. The van der Waals surface area contributed by atoms with Gasteiger partial charge in [0.15, 0.2) is 0 Å². The molecule has 0 bridgehead atoms. The van der Waals surface area contributed by atoms with Crippen molar-refractivity contribution in [3.63, 3.8) is 0 Å². The third-order valence-electron chi connectivity index (χ3n) is 4.52. The van der Waals surface area contributed by atoms with E-state index >= 15 is 0 Å². The molecule has 0 atom stereocenters. The number of rotatable bonds is 4. The van der Waals surface area contributed by atoms with Gasteiger partial charge in [0.1, 0.15) is 0 Å². The van der Waals surface area contributed by atoms with E-state index in [1.54, 1.807) is 0 Å². The molecule has 2 aromatic rings. The van der Waals surface area contributed by atoms with Crippen molar-refractivity contribution in [2.45, 2.75) is 24.9 Å². The number of nitrogens with two attached hydrogens (primary N) is 1. The highest BCUT2D eigenvalue weighted by molar-refractivity contribution is 6.33. The van der Waals surface area contributed by atoms with Gasteiger partial charge in [-0.15, -0.1) is 0 Å². The first-order valence-corrected chi connectivity index (χ1v) is 8.58. The first-order valence-electron chi connectivity index (χ1n) is 8.20. The van der Waals surface area contributed by atoms with Gasteiger partial charge < -0.3 is 16.4 Å². The standard InChI is InChI=1S/C19H22ClN3O/c20-17-7-6-14(12-16(17)15-4-2-1-3-5-15)13-23-18(24)19(21)8-10-22-11-9-19/h1-7,12,22H,8-11,13,21H2,(H,23,24). The van der Waals surface area contributed by atoms with E-state index in [4.69, 9.17) is 17.3 Å². The van der Waals surface area contributed by atoms with E-state index in [0.29, 0.717) is 24.4 Å². The molecule has 0 radical (unpaired) electrons. The highest BCUT2D eigenvalue weighted by atomic mass is 35.5. The van der Waals surface area contributed by atoms with Gasteiger partial charge in [-0.1, -0.05) is 48.0 Å². The average molecular weight is 344 g/mol. The first kappa shape index (κ1) is 17.0. The summed E-state index contributed by atoms with van der Waals surface area (Å²) >= 11 is 6.32. The van der Waals surface area contributed by atoms with E-state index in [9.17, 15) is 4.79 Å². The Balaban J connectivity index is 1.71. The maximum absolute atomic E-state index is 12.4. The summed E-state index contributed by atoms with van der Waals surface area (Å²) in [6.45, 7) is 2.01. The first-order chi connectivity index (χ1) is 11.6. The molecule has 0 spiro atoms. The zero-order valence-electron chi connectivity index (χ0n) is 13.5. The molecule has 126 valence electrons. The van der Waals surface area contributed by atoms with E-state index < -0.39 is 5.54 Å². The predicted octanol–water partition coefficient (Wildman–Crippen LogP) is 2.70. The summed E-state index contributed by atoms with van der Waals surface area (Å²) in [7, 11) is 0. The quantitative estimate of drug-likeness (QED) is 0.799. The fraction of sp³-hybridized carbons (Fsp3) is 0.316. The number of carbonyl (C=O) groups excluding carboxylic acids is 1. The summed E-state index contributed by atoms with van der Waals surface area (Å²) in [4.78, 5) is 12.4. The molecular formula is C19H22ClN3O. The molecule has 1 saturated heterocycles. The Labute approximate surface area is 147 Å². The Kier molecular flexibility index (Phi) is 5.19. The van der Waals surface area contributed by atoms with Crippen LogP contribution in [0, 0.1) is 0 Å². The van der Waals surface area contributed by atoms with Crippen molar-refractivity contribution < 1.29 is 4.79 Å². The number of halogens is 1. The fourth-order valence-electron chi connectivity index (χ4n) is 2.98. The minimum atomic E-state index is -0.764. The average Bonchev–Trinajstić information content (AvgIpc) is 2.62. The summed E-state index contributed by atoms with van der Waals surface area (Å²) in [5, 5.41) is 6.90. The van der Waals surface area contributed by atoms with E-state index in [2.05, 4.69) is 10.6 Å². The van der Waals surface area contributed by atoms with Crippen LogP contribution in [-0.2, 0) is 11.3 Å². The maximum atomic E-state index is 12.4. The van der Waals surface area contributed by atoms with E-state index in [1.807, 2.05) is 48.5 Å². The molecule has 5 heteroatoms. The zero-order chi connectivity index (χ0) is 17.0. The van der Waals surface area contributed by atoms with Crippen LogP contribution in [-0.4, -0.2) is 24.5 Å². The van der Waals surface area contributed by atoms with Crippen molar-refractivity contribution in [3.05, 3.63) is 59.1 Å². The van der Waals surface area contributed by atoms with Crippen LogP contribution in [0.5, 0.6) is 0 Å². The highest BCUT2D eigenvalue weighted by Crippen LogP contribution is 2.28. The van der Waals surface area contributed by atoms with Crippen LogP contribution < -0.4 is 16.4 Å². The Morgan fingerprint density at radius 2 is 1.88 bits per heavy atom. The number of hydrogen-bond donors (Lipinski definition) is 3. The van der Waals surface area contributed by atoms with Crippen molar-refractivity contribution >= 4 is 17.5 Å². The van der Waals surface area contributed by atoms with Gasteiger partial charge in [-0.2, -0.15) is 0 Å². The number of carbonyl (C=O) groups is 1. The number of amides is 1. The van der Waals surface area contributed by atoms with Crippen molar-refractivity contribution in [1.29, 1.82) is 0 Å². The van der Waals surface area contributed by atoms with Gasteiger partial charge >= 0.3 is 0 Å². The Morgan fingerprint density at radius 3 is 2.58 bits per heavy atom. The lowest BCUT2D eigenvalue weighted by atomic mass is 9.88. The molecule has 1 amide bonds. The van der Waals surface area contributed by atoms with Crippen LogP contribution in [0.25, 0.3) is 11.1 Å². The van der Waals surface area contributed by atoms with Crippen LogP contribution in [0.2, 0.25) is 5.02 Å². The molecule has 24 heavy (non-hydrogen) atoms. The number of hydrogen-bond acceptors (Lipinski definition) is 3. The largest absolute Gasteiger partial charge is 0.350 e. The second-order valence-corrected chi connectivity index (χ2v) is 6.68. The van der Waals surface area contributed by atoms with Crippen LogP contribution in [0.3, 0.4) is 0 Å². The molecule has 0 aromatic heterocycles. The molecule has 1 heterocycles. The van der Waals surface area contributed by atoms with Crippen molar-refractivity contribution in [2.75, 3.05) is 13.1 Å². The summed E-state index contributed by atoms with van der Waals surface area (Å²) in [6.07, 6.45) is 1.32. The van der Waals surface area contributed by atoms with Crippen LogP contribution >= 0.6 is 11.6 Å². The molecule has 1 aliphatic heterocycles. The topological polar surface area (TPSA) is 67.2 Å². The van der Waals surface area contributed by atoms with Crippen molar-refractivity contribution in [3.8, 4) is 11.1 Å². The number of nitrogens with one attached hydrogen (secondary N) is 2. The Bertz CT molecular complexity index is 712. The normalized spacial score (nSPS) is 16.6. The van der Waals surface area contributed by atoms with Crippen LogP contribution in [0.1, 0.15) is 18.4 Å². The fourth-order valence-corrected chi connectivity index (χ4v) is 3.21. The SMILES string of the molecule is NC1(C(=O)NCc2ccc(Cl)c(-c3ccccc3)c2)CCNCC1. The van der Waals surface area contributed by atoms with E-state index in [-0.39, 0.29) is 5.91 Å². The molecule has 0 unspecified atom stereocenters. The number of benzene rings is 2. The van der Waals surface area contributed by atoms with Gasteiger partial charge in [-0.25, -0.2) is 0 Å². The minimum absolute atomic E-state index is 0.0831. The van der Waals surface area contributed by atoms with Crippen molar-refractivity contribution in [1.82, 2.24) is 10.6 Å². The predicted molar refractivity (Wildman–Crippen MR) is 97.8 cm³/mol. The molecule has 2 aromatic carbocycles. The van der Waals surface area contributed by atoms with E-state index in [0.717, 1.165) is 29.8 Å². The van der Waals surface area contributed by atoms with Crippen LogP contribution in [0.4, 0.5) is 0 Å². The van der Waals surface area contributed by atoms with Gasteiger partial charge in [0, 0.05) is 17.1 Å². The van der Waals surface area contributed by atoms with Crippen LogP contribution in [0.15, 0.2) is 48.5 Å². The number of piperidine rings is 1. The molecule has 4 N–H and O–H groups in total. The third-order valence-corrected chi connectivity index (χ3v) is 4.85.